The van der Waals surface area contributed by atoms with Gasteiger partial charge in [-0.3, -0.25) is 9.47 Å². The van der Waals surface area contributed by atoms with E-state index in [0.29, 0.717) is 11.7 Å². The number of hydrogen-bond donors (Lipinski definition) is 0. The number of carbonyl (C=O) groups excluding carboxylic acids is 1. The average molecular weight is 424 g/mol. The Kier molecular flexibility index (Phi) is 6.57. The largest absolute Gasteiger partial charge is 0.309 e. The van der Waals surface area contributed by atoms with Gasteiger partial charge in [-0.2, -0.15) is 0 Å². The highest BCUT2D eigenvalue weighted by Crippen LogP contribution is 2.33. The Bertz CT molecular complexity index is 945. The molecule has 0 spiro atoms. The highest BCUT2D eigenvalue weighted by atomic mass is 32.2. The quantitative estimate of drug-likeness (QED) is 0.503. The molecule has 2 aromatic heterocycles. The van der Waals surface area contributed by atoms with E-state index in [4.69, 9.17) is 0 Å². The van der Waals surface area contributed by atoms with Crippen molar-refractivity contribution < 1.29 is 4.79 Å². The van der Waals surface area contributed by atoms with Crippen LogP contribution in [0.5, 0.6) is 0 Å². The fourth-order valence-electron chi connectivity index (χ4n) is 4.17. The number of aromatic nitrogens is 4. The van der Waals surface area contributed by atoms with Gasteiger partial charge in [-0.25, -0.2) is 4.68 Å². The lowest BCUT2D eigenvalue weighted by Gasteiger charge is -2.27. The molecular formula is C23H29N5OS. The fraction of sp³-hybridized carbons (Fsp3) is 0.435. The first-order valence-electron chi connectivity index (χ1n) is 10.7. The van der Waals surface area contributed by atoms with E-state index in [9.17, 15) is 4.79 Å². The van der Waals surface area contributed by atoms with Crippen LogP contribution in [0.2, 0.25) is 0 Å². The Morgan fingerprint density at radius 2 is 1.77 bits per heavy atom. The summed E-state index contributed by atoms with van der Waals surface area (Å²) in [5.41, 5.74) is 0.924. The molecule has 0 atom stereocenters. The summed E-state index contributed by atoms with van der Waals surface area (Å²) in [6, 6.07) is 13.9. The van der Waals surface area contributed by atoms with Crippen molar-refractivity contribution in [2.24, 2.45) is 0 Å². The molecule has 2 heterocycles. The van der Waals surface area contributed by atoms with Gasteiger partial charge in [0.1, 0.15) is 0 Å². The summed E-state index contributed by atoms with van der Waals surface area (Å²) in [6.07, 6.45) is 10.1. The van der Waals surface area contributed by atoms with Crippen LogP contribution >= 0.6 is 11.8 Å². The van der Waals surface area contributed by atoms with Crippen molar-refractivity contribution in [1.82, 2.24) is 19.5 Å². The lowest BCUT2D eigenvalue weighted by Crippen LogP contribution is -2.38. The number of nitrogens with zero attached hydrogens (tertiary/aromatic N) is 5. The molecule has 0 N–H and O–H groups in total. The van der Waals surface area contributed by atoms with Gasteiger partial charge < -0.3 is 4.90 Å². The smallest absolute Gasteiger partial charge is 0.237 e. The van der Waals surface area contributed by atoms with Gasteiger partial charge in [0, 0.05) is 30.0 Å². The van der Waals surface area contributed by atoms with Gasteiger partial charge >= 0.3 is 0 Å². The Labute approximate surface area is 182 Å². The zero-order valence-corrected chi connectivity index (χ0v) is 18.5. The van der Waals surface area contributed by atoms with Crippen LogP contribution < -0.4 is 4.90 Å². The van der Waals surface area contributed by atoms with Crippen molar-refractivity contribution in [2.45, 2.75) is 63.1 Å². The molecule has 0 aliphatic heterocycles. The first-order valence-corrected chi connectivity index (χ1v) is 11.7. The molecule has 7 heteroatoms. The summed E-state index contributed by atoms with van der Waals surface area (Å²) < 4.78 is 4.10. The van der Waals surface area contributed by atoms with E-state index in [2.05, 4.69) is 14.9 Å². The molecular weight excluding hydrogens is 394 g/mol. The Morgan fingerprint density at radius 3 is 2.43 bits per heavy atom. The van der Waals surface area contributed by atoms with E-state index in [1.807, 2.05) is 78.3 Å². The van der Waals surface area contributed by atoms with E-state index in [1.54, 1.807) is 0 Å². The van der Waals surface area contributed by atoms with E-state index in [1.165, 1.54) is 31.0 Å². The van der Waals surface area contributed by atoms with Gasteiger partial charge in [0.05, 0.1) is 5.75 Å². The van der Waals surface area contributed by atoms with E-state index >= 15 is 0 Å². The van der Waals surface area contributed by atoms with Crippen LogP contribution in [-0.2, 0) is 4.79 Å². The maximum absolute atomic E-state index is 13.1. The number of para-hydroxylation sites is 1. The molecule has 158 valence electrons. The second-order valence-electron chi connectivity index (χ2n) is 8.03. The Balaban J connectivity index is 1.56. The number of rotatable bonds is 7. The van der Waals surface area contributed by atoms with Crippen LogP contribution in [0.25, 0.3) is 0 Å². The van der Waals surface area contributed by atoms with Gasteiger partial charge in [0.2, 0.25) is 11.1 Å². The Morgan fingerprint density at radius 1 is 1.07 bits per heavy atom. The van der Waals surface area contributed by atoms with E-state index in [-0.39, 0.29) is 11.9 Å². The summed E-state index contributed by atoms with van der Waals surface area (Å²) in [4.78, 5) is 15.0. The molecule has 1 aliphatic rings. The summed E-state index contributed by atoms with van der Waals surface area (Å²) in [7, 11) is 0. The van der Waals surface area contributed by atoms with Crippen molar-refractivity contribution in [3.8, 4) is 0 Å². The van der Waals surface area contributed by atoms with Crippen molar-refractivity contribution in [2.75, 3.05) is 10.7 Å². The van der Waals surface area contributed by atoms with Crippen molar-refractivity contribution in [1.29, 1.82) is 0 Å². The number of amides is 1. The molecule has 1 amide bonds. The summed E-state index contributed by atoms with van der Waals surface area (Å²) >= 11 is 1.46. The molecule has 3 aromatic rings. The van der Waals surface area contributed by atoms with Gasteiger partial charge in [0.25, 0.3) is 0 Å². The minimum absolute atomic E-state index is 0.0717. The molecule has 1 fully saturated rings. The van der Waals surface area contributed by atoms with Crippen LogP contribution in [0.3, 0.4) is 0 Å². The maximum atomic E-state index is 13.1. The van der Waals surface area contributed by atoms with Crippen LogP contribution in [0.15, 0.2) is 60.0 Å². The van der Waals surface area contributed by atoms with Crippen LogP contribution in [-0.4, -0.2) is 37.3 Å². The molecule has 0 radical (unpaired) electrons. The van der Waals surface area contributed by atoms with Gasteiger partial charge in [-0.1, -0.05) is 49.2 Å². The number of benzene rings is 1. The standard InChI is InChI=1S/C23H29N5OS/c1-18(2)27(20-13-7-4-8-14-20)21(29)17-30-23-25-24-22(19-11-5-3-6-12-19)28(23)26-15-9-10-16-26/h4,7-10,13-16,18-19H,3,5-6,11-12,17H2,1-2H3. The summed E-state index contributed by atoms with van der Waals surface area (Å²) in [5.74, 6) is 1.82. The first-order chi connectivity index (χ1) is 14.6. The molecule has 0 unspecified atom stereocenters. The number of hydrogen-bond acceptors (Lipinski definition) is 4. The molecule has 1 saturated carbocycles. The summed E-state index contributed by atoms with van der Waals surface area (Å²) in [5, 5.41) is 9.80. The number of anilines is 1. The van der Waals surface area contributed by atoms with Crippen molar-refractivity contribution in [3.05, 3.63) is 60.7 Å². The average Bonchev–Trinajstić information content (AvgIpc) is 3.43. The van der Waals surface area contributed by atoms with Crippen molar-refractivity contribution >= 4 is 23.4 Å². The maximum Gasteiger partial charge on any atom is 0.237 e. The third-order valence-corrected chi connectivity index (χ3v) is 6.47. The fourth-order valence-corrected chi connectivity index (χ4v) is 4.97. The molecule has 30 heavy (non-hydrogen) atoms. The number of carbonyl (C=O) groups is 1. The van der Waals surface area contributed by atoms with Gasteiger partial charge in [-0.15, -0.1) is 10.2 Å². The third-order valence-electron chi connectivity index (χ3n) is 5.57. The van der Waals surface area contributed by atoms with Gasteiger partial charge in [0.15, 0.2) is 5.82 Å². The summed E-state index contributed by atoms with van der Waals surface area (Å²) in [6.45, 7) is 4.08. The van der Waals surface area contributed by atoms with Crippen LogP contribution in [0.4, 0.5) is 5.69 Å². The molecule has 6 nitrogen and oxygen atoms in total. The SMILES string of the molecule is CC(C)N(C(=O)CSc1nnc(C2CCCCC2)n1-n1cccc1)c1ccccc1. The molecule has 0 bridgehead atoms. The molecule has 1 aromatic carbocycles. The van der Waals surface area contributed by atoms with Crippen molar-refractivity contribution in [3.63, 3.8) is 0 Å². The second-order valence-corrected chi connectivity index (χ2v) is 8.97. The second kappa shape index (κ2) is 9.51. The van der Waals surface area contributed by atoms with Crippen LogP contribution in [0.1, 0.15) is 57.7 Å². The predicted octanol–water partition coefficient (Wildman–Crippen LogP) is 4.97. The monoisotopic (exact) mass is 423 g/mol. The highest BCUT2D eigenvalue weighted by molar-refractivity contribution is 7.99. The number of thioether (sulfide) groups is 1. The predicted molar refractivity (Wildman–Crippen MR) is 121 cm³/mol. The molecule has 1 aliphatic carbocycles. The lowest BCUT2D eigenvalue weighted by molar-refractivity contribution is -0.116. The first kappa shape index (κ1) is 20.7. The minimum atomic E-state index is 0.0717. The normalized spacial score (nSPS) is 14.9. The van der Waals surface area contributed by atoms with Gasteiger partial charge in [-0.05, 0) is 51.0 Å². The lowest BCUT2D eigenvalue weighted by atomic mass is 9.89. The van der Waals surface area contributed by atoms with E-state index in [0.717, 1.165) is 29.5 Å². The molecule has 4 rings (SSSR count). The third kappa shape index (κ3) is 4.46. The molecule has 0 saturated heterocycles. The Hall–Kier alpha value is -2.54. The zero-order chi connectivity index (χ0) is 20.9. The van der Waals surface area contributed by atoms with E-state index < -0.39 is 0 Å². The zero-order valence-electron chi connectivity index (χ0n) is 17.6. The topological polar surface area (TPSA) is 56.0 Å². The van der Waals surface area contributed by atoms with Crippen LogP contribution in [0, 0.1) is 0 Å². The highest BCUT2D eigenvalue weighted by Gasteiger charge is 2.26. The minimum Gasteiger partial charge on any atom is -0.309 e.